The summed E-state index contributed by atoms with van der Waals surface area (Å²) in [7, 11) is 0. The van der Waals surface area contributed by atoms with Gasteiger partial charge >= 0.3 is 6.09 Å². The van der Waals surface area contributed by atoms with Crippen LogP contribution in [0, 0.1) is 0 Å². The Bertz CT molecular complexity index is 90.7. The van der Waals surface area contributed by atoms with Crippen molar-refractivity contribution in [2.75, 3.05) is 13.2 Å². The van der Waals surface area contributed by atoms with Crippen LogP contribution in [-0.2, 0) is 4.74 Å². The van der Waals surface area contributed by atoms with Crippen LogP contribution in [-0.4, -0.2) is 19.2 Å². The monoisotopic (exact) mass is 290 g/mol. The molecule has 0 saturated heterocycles. The van der Waals surface area contributed by atoms with Gasteiger partial charge in [-0.1, -0.05) is 6.92 Å². The molecule has 11 heavy (non-hydrogen) atoms. The molecule has 0 bridgehead atoms. The lowest BCUT2D eigenvalue weighted by Gasteiger charge is -1.95. The van der Waals surface area contributed by atoms with Gasteiger partial charge in [0.1, 0.15) is 0 Å². The summed E-state index contributed by atoms with van der Waals surface area (Å²) in [4.78, 5) is 10.5. The number of hydrogen-bond acceptors (Lipinski definition) is 2. The third-order valence-electron chi connectivity index (χ3n) is 0.886. The van der Waals surface area contributed by atoms with Gasteiger partial charge in [0.05, 0.1) is 13.2 Å². The maximum atomic E-state index is 10.5. The second-order valence-electron chi connectivity index (χ2n) is 1.74. The predicted molar refractivity (Wildman–Crippen MR) is 34.1 cm³/mol. The molecule has 0 aliphatic heterocycles. The first-order valence-electron chi connectivity index (χ1n) is 3.31. The number of amides is 1. The number of carbonyl (C=O) groups is 1. The van der Waals surface area contributed by atoms with Crippen molar-refractivity contribution in [3.63, 3.8) is 0 Å². The average Bonchev–Trinajstić information content (AvgIpc) is 1.85. The number of halogens is 2. The molecule has 0 aromatic rings. The Kier molecular flexibility index (Phi) is 20.7. The molecule has 0 rings (SSSR count). The van der Waals surface area contributed by atoms with Crippen molar-refractivity contribution < 1.29 is 48.8 Å². The minimum atomic E-state index is -0.195. The molecule has 0 heterocycles. The summed E-state index contributed by atoms with van der Waals surface area (Å²) in [6.07, 6.45) is 0.804. The van der Waals surface area contributed by atoms with Gasteiger partial charge in [-0.25, -0.2) is 5.32 Å². The summed E-state index contributed by atoms with van der Waals surface area (Å²) in [5.41, 5.74) is 0. The first-order valence-corrected chi connectivity index (χ1v) is 3.31. The van der Waals surface area contributed by atoms with Crippen LogP contribution in [0.3, 0.4) is 0 Å². The zero-order valence-corrected chi connectivity index (χ0v) is 9.94. The molecule has 0 aliphatic rings. The minimum Gasteiger partial charge on any atom is -1.00 e. The highest BCUT2D eigenvalue weighted by molar-refractivity contribution is 5.55. The summed E-state index contributed by atoms with van der Waals surface area (Å²) in [6.45, 7) is 5.12. The van der Waals surface area contributed by atoms with Gasteiger partial charge in [0.15, 0.2) is 0 Å². The Morgan fingerprint density at radius 1 is 1.36 bits per heavy atom. The first-order chi connectivity index (χ1) is 4.31. The van der Waals surface area contributed by atoms with E-state index in [-0.39, 0.29) is 40.1 Å². The summed E-state index contributed by atoms with van der Waals surface area (Å²) in [6, 6.07) is 0. The lowest BCUT2D eigenvalue weighted by Crippen LogP contribution is -3.00. The molecule has 0 aromatic carbocycles. The molecule has 0 radical (unpaired) electrons. The van der Waals surface area contributed by atoms with Gasteiger partial charge in [0.25, 0.3) is 0 Å². The van der Waals surface area contributed by atoms with Crippen molar-refractivity contribution in [1.29, 1.82) is 0 Å². The van der Waals surface area contributed by atoms with E-state index in [9.17, 15) is 4.79 Å². The standard InChI is InChI=1S/C6H13NO2.2BrH/c1-3-5-7-6(8)9-4-2;;/h3-5H2,1-2H3,(H,7,8);2*1H/p-1. The van der Waals surface area contributed by atoms with Crippen molar-refractivity contribution in [2.24, 2.45) is 0 Å². The summed E-state index contributed by atoms with van der Waals surface area (Å²) in [5.74, 6) is 0. The van der Waals surface area contributed by atoms with Crippen LogP contribution in [0.2, 0.25) is 0 Å². The van der Waals surface area contributed by atoms with Crippen LogP contribution >= 0.6 is 0 Å². The Balaban J connectivity index is -0.000000320. The number of quaternary nitrogens is 1. The van der Waals surface area contributed by atoms with E-state index >= 15 is 0 Å². The number of carbonyl (C=O) groups excluding carboxylic acids is 1. The molecule has 2 N–H and O–H groups in total. The highest BCUT2D eigenvalue weighted by Crippen LogP contribution is 1.68. The van der Waals surface area contributed by atoms with E-state index in [1.165, 1.54) is 0 Å². The third kappa shape index (κ3) is 13.4. The summed E-state index contributed by atoms with van der Waals surface area (Å²) in [5, 5.41) is 1.57. The van der Waals surface area contributed by atoms with Crippen molar-refractivity contribution in [3.05, 3.63) is 0 Å². The highest BCUT2D eigenvalue weighted by atomic mass is 79.9. The lowest BCUT2D eigenvalue weighted by atomic mass is 10.5. The second-order valence-corrected chi connectivity index (χ2v) is 1.74. The fraction of sp³-hybridized carbons (Fsp3) is 0.833. The SMILES string of the molecule is CCC[NH2+]C(=O)OCC.[Br-].[Br-]. The molecular weight excluding hydrogens is 278 g/mol. The Labute approximate surface area is 88.4 Å². The average molecular weight is 292 g/mol. The van der Waals surface area contributed by atoms with Crippen LogP contribution in [0.15, 0.2) is 0 Å². The van der Waals surface area contributed by atoms with Crippen molar-refractivity contribution >= 4 is 6.09 Å². The number of ether oxygens (including phenoxy) is 1. The number of primary amides is 1. The molecule has 3 nitrogen and oxygen atoms in total. The van der Waals surface area contributed by atoms with E-state index in [2.05, 4.69) is 4.74 Å². The molecule has 0 unspecified atom stereocenters. The van der Waals surface area contributed by atoms with Crippen LogP contribution in [0.1, 0.15) is 20.3 Å². The first kappa shape index (κ1) is 17.5. The van der Waals surface area contributed by atoms with E-state index in [1.807, 2.05) is 6.92 Å². The van der Waals surface area contributed by atoms with Gasteiger partial charge < -0.3 is 38.7 Å². The van der Waals surface area contributed by atoms with E-state index in [0.29, 0.717) is 6.61 Å². The van der Waals surface area contributed by atoms with Gasteiger partial charge in [-0.15, -0.1) is 0 Å². The highest BCUT2D eigenvalue weighted by Gasteiger charge is 2.01. The largest absolute Gasteiger partial charge is 1.00 e. The molecule has 70 valence electrons. The van der Waals surface area contributed by atoms with Crippen LogP contribution in [0.5, 0.6) is 0 Å². The van der Waals surface area contributed by atoms with Crippen LogP contribution in [0.25, 0.3) is 0 Å². The quantitative estimate of drug-likeness (QED) is 0.563. The fourth-order valence-electron chi connectivity index (χ4n) is 0.463. The second kappa shape index (κ2) is 13.0. The Morgan fingerprint density at radius 3 is 2.27 bits per heavy atom. The number of rotatable bonds is 3. The number of hydrogen-bond donors (Lipinski definition) is 1. The fourth-order valence-corrected chi connectivity index (χ4v) is 0.463. The molecule has 0 atom stereocenters. The molecule has 0 saturated carbocycles. The molecule has 0 fully saturated rings. The zero-order valence-electron chi connectivity index (χ0n) is 6.77. The summed E-state index contributed by atoms with van der Waals surface area (Å²) < 4.78 is 4.65. The van der Waals surface area contributed by atoms with Crippen molar-refractivity contribution in [3.8, 4) is 0 Å². The molecule has 5 heteroatoms. The van der Waals surface area contributed by atoms with Crippen molar-refractivity contribution in [1.82, 2.24) is 0 Å². The van der Waals surface area contributed by atoms with Crippen LogP contribution < -0.4 is 39.3 Å². The van der Waals surface area contributed by atoms with E-state index in [0.717, 1.165) is 13.0 Å². The topological polar surface area (TPSA) is 42.9 Å². The van der Waals surface area contributed by atoms with Gasteiger partial charge in [-0.2, -0.15) is 4.79 Å². The van der Waals surface area contributed by atoms with Crippen molar-refractivity contribution in [2.45, 2.75) is 20.3 Å². The minimum absolute atomic E-state index is 0. The smallest absolute Gasteiger partial charge is 0.512 e. The summed E-state index contributed by atoms with van der Waals surface area (Å²) >= 11 is 0. The lowest BCUT2D eigenvalue weighted by molar-refractivity contribution is -0.570. The van der Waals surface area contributed by atoms with E-state index in [4.69, 9.17) is 0 Å². The van der Waals surface area contributed by atoms with E-state index in [1.54, 1.807) is 12.2 Å². The maximum Gasteiger partial charge on any atom is 0.512 e. The van der Waals surface area contributed by atoms with Gasteiger partial charge in [-0.05, 0) is 13.3 Å². The third-order valence-corrected chi connectivity index (χ3v) is 0.886. The normalized spacial score (nSPS) is 7.45. The Hall–Kier alpha value is 0.390. The predicted octanol–water partition coefficient (Wildman–Crippen LogP) is -5.88. The van der Waals surface area contributed by atoms with Crippen LogP contribution in [0.4, 0.5) is 4.79 Å². The van der Waals surface area contributed by atoms with E-state index < -0.39 is 0 Å². The molecule has 0 spiro atoms. The number of nitrogens with two attached hydrogens (primary N) is 1. The van der Waals surface area contributed by atoms with Gasteiger partial charge in [-0.3, -0.25) is 0 Å². The molecule has 0 aromatic heterocycles. The van der Waals surface area contributed by atoms with Gasteiger partial charge in [0, 0.05) is 0 Å². The zero-order chi connectivity index (χ0) is 7.11. The molecule has 0 aliphatic carbocycles. The van der Waals surface area contributed by atoms with Gasteiger partial charge in [0.2, 0.25) is 0 Å². The Morgan fingerprint density at radius 2 is 1.91 bits per heavy atom. The molecule has 1 amide bonds. The molecular formula is C6H14Br2NO2-. The maximum absolute atomic E-state index is 10.5.